The van der Waals surface area contributed by atoms with Crippen LogP contribution in [0.5, 0.6) is 17.2 Å². The second-order valence-electron chi connectivity index (χ2n) is 11.2. The Morgan fingerprint density at radius 1 is 0.657 bits per heavy atom. The van der Waals surface area contributed by atoms with Crippen molar-refractivity contribution in [2.24, 2.45) is 0 Å². The van der Waals surface area contributed by atoms with Crippen molar-refractivity contribution in [3.05, 3.63) is 70.8 Å². The molecule has 0 saturated heterocycles. The monoisotopic (exact) mass is 510 g/mol. The van der Waals surface area contributed by atoms with Gasteiger partial charge in [0.2, 0.25) is 0 Å². The molecule has 4 rings (SSSR count). The van der Waals surface area contributed by atoms with E-state index in [1.54, 1.807) is 21.3 Å². The van der Waals surface area contributed by atoms with Crippen LogP contribution in [0, 0.1) is 0 Å². The molecule has 1 atom stereocenters. The number of halogens is 1. The van der Waals surface area contributed by atoms with Gasteiger partial charge in [-0.25, -0.2) is 0 Å². The molecule has 5 heteroatoms. The molecule has 0 N–H and O–H groups in total. The summed E-state index contributed by atoms with van der Waals surface area (Å²) >= 11 is 7.53. The second-order valence-corrected chi connectivity index (χ2v) is 13.9. The molecule has 0 fully saturated rings. The highest BCUT2D eigenvalue weighted by molar-refractivity contribution is 7.90. The minimum absolute atomic E-state index is 0.0115. The van der Waals surface area contributed by atoms with Crippen molar-refractivity contribution in [3.63, 3.8) is 0 Å². The lowest BCUT2D eigenvalue weighted by molar-refractivity contribution is 0.380. The van der Waals surface area contributed by atoms with Crippen LogP contribution < -0.4 is 19.5 Å². The average molecular weight is 511 g/mol. The lowest BCUT2D eigenvalue weighted by Gasteiger charge is -2.27. The summed E-state index contributed by atoms with van der Waals surface area (Å²) in [6.07, 6.45) is 0. The maximum atomic E-state index is 7.53. The highest BCUT2D eigenvalue weighted by Gasteiger charge is 2.39. The summed E-state index contributed by atoms with van der Waals surface area (Å²) in [5.74, 6) is 2.06. The first-order valence-corrected chi connectivity index (χ1v) is 14.3. The van der Waals surface area contributed by atoms with Gasteiger partial charge in [0, 0.05) is 25.1 Å². The Kier molecular flexibility index (Phi) is 6.90. The van der Waals surface area contributed by atoms with Gasteiger partial charge >= 0.3 is 0 Å². The first-order valence-electron chi connectivity index (χ1n) is 11.9. The summed E-state index contributed by atoms with van der Waals surface area (Å²) in [5.41, 5.74) is 7.77. The van der Waals surface area contributed by atoms with Crippen molar-refractivity contribution in [1.29, 1.82) is 0 Å². The van der Waals surface area contributed by atoms with Gasteiger partial charge < -0.3 is 14.2 Å². The van der Waals surface area contributed by atoms with E-state index in [1.807, 2.05) is 12.1 Å². The van der Waals surface area contributed by atoms with E-state index in [1.165, 1.54) is 33.4 Å². The Hall–Kier alpha value is -2.22. The summed E-state index contributed by atoms with van der Waals surface area (Å²) in [5, 5.41) is 0.901. The number of hydrogen-bond acceptors (Lipinski definition) is 3. The third kappa shape index (κ3) is 4.66. The lowest BCUT2D eigenvalue weighted by atomic mass is 9.85. The molecule has 35 heavy (non-hydrogen) atoms. The molecule has 3 nitrogen and oxygen atoms in total. The number of benzene rings is 3. The van der Waals surface area contributed by atoms with Crippen LogP contribution in [0.25, 0.3) is 11.1 Å². The molecule has 0 aliphatic heterocycles. The second kappa shape index (κ2) is 9.34. The quantitative estimate of drug-likeness (QED) is 0.323. The minimum Gasteiger partial charge on any atom is -0.496 e. The van der Waals surface area contributed by atoms with Crippen molar-refractivity contribution in [2.75, 3.05) is 21.3 Å². The molecular formula is C30H36ClO3P. The zero-order valence-corrected chi connectivity index (χ0v) is 23.9. The molecule has 0 amide bonds. The highest BCUT2D eigenvalue weighted by Crippen LogP contribution is 2.66. The maximum Gasteiger partial charge on any atom is 0.135 e. The normalized spacial score (nSPS) is 14.3. The van der Waals surface area contributed by atoms with Crippen LogP contribution in [-0.2, 0) is 10.8 Å². The Morgan fingerprint density at radius 2 is 1.09 bits per heavy atom. The van der Waals surface area contributed by atoms with E-state index in [-0.39, 0.29) is 16.5 Å². The van der Waals surface area contributed by atoms with Crippen molar-refractivity contribution in [2.45, 2.75) is 58.0 Å². The Bertz CT molecular complexity index is 1160. The fourth-order valence-electron chi connectivity index (χ4n) is 4.74. The minimum atomic E-state index is -1.25. The van der Waals surface area contributed by atoms with Crippen LogP contribution in [0.15, 0.2) is 48.5 Å². The fraction of sp³-hybridized carbons (Fsp3) is 0.400. The van der Waals surface area contributed by atoms with Gasteiger partial charge in [-0.3, -0.25) is 0 Å². The van der Waals surface area contributed by atoms with Crippen molar-refractivity contribution in [1.82, 2.24) is 0 Å². The zero-order valence-electron chi connectivity index (χ0n) is 22.2. The van der Waals surface area contributed by atoms with Gasteiger partial charge in [-0.1, -0.05) is 89.2 Å². The molecular weight excluding hydrogens is 475 g/mol. The standard InChI is InChI=1S/C30H36ClO3P/c1-29(2,3)18-10-12-21-22-13-11-19(30(4,5)6)15-24(22)27(23(21)14-18)35(31)28-25(33-8)16-20(32-7)17-26(28)34-9/h10-17,27H,1-9H3. The van der Waals surface area contributed by atoms with Crippen LogP contribution in [0.2, 0.25) is 0 Å². The molecule has 186 valence electrons. The molecule has 3 aromatic carbocycles. The summed E-state index contributed by atoms with van der Waals surface area (Å²) in [6, 6.07) is 17.6. The van der Waals surface area contributed by atoms with Gasteiger partial charge in [0.15, 0.2) is 0 Å². The first kappa shape index (κ1) is 25.9. The zero-order chi connectivity index (χ0) is 25.7. The van der Waals surface area contributed by atoms with Gasteiger partial charge in [-0.05, 0) is 44.2 Å². The van der Waals surface area contributed by atoms with Gasteiger partial charge in [0.05, 0.1) is 26.6 Å². The summed E-state index contributed by atoms with van der Waals surface area (Å²) in [7, 11) is 3.73. The van der Waals surface area contributed by atoms with E-state index < -0.39 is 7.27 Å². The van der Waals surface area contributed by atoms with Gasteiger partial charge in [0.1, 0.15) is 17.2 Å². The molecule has 0 spiro atoms. The number of methoxy groups -OCH3 is 3. The third-order valence-corrected chi connectivity index (χ3v) is 9.81. The fourth-order valence-corrected chi connectivity index (χ4v) is 7.78. The average Bonchev–Trinajstić information content (AvgIpc) is 3.14. The van der Waals surface area contributed by atoms with Crippen molar-refractivity contribution >= 4 is 23.8 Å². The van der Waals surface area contributed by atoms with E-state index in [9.17, 15) is 0 Å². The molecule has 0 radical (unpaired) electrons. The van der Waals surface area contributed by atoms with E-state index in [0.29, 0.717) is 17.2 Å². The third-order valence-electron chi connectivity index (χ3n) is 6.84. The summed E-state index contributed by atoms with van der Waals surface area (Å²) < 4.78 is 17.1. The van der Waals surface area contributed by atoms with Gasteiger partial charge in [-0.2, -0.15) is 0 Å². The van der Waals surface area contributed by atoms with E-state index in [2.05, 4.69) is 77.9 Å². The molecule has 1 aliphatic rings. The predicted molar refractivity (Wildman–Crippen MR) is 150 cm³/mol. The van der Waals surface area contributed by atoms with E-state index in [0.717, 1.165) is 5.30 Å². The van der Waals surface area contributed by atoms with Gasteiger partial charge in [-0.15, -0.1) is 0 Å². The van der Waals surface area contributed by atoms with Crippen LogP contribution in [0.3, 0.4) is 0 Å². The van der Waals surface area contributed by atoms with Gasteiger partial charge in [0.25, 0.3) is 0 Å². The largest absolute Gasteiger partial charge is 0.496 e. The topological polar surface area (TPSA) is 27.7 Å². The molecule has 1 aliphatic carbocycles. The SMILES string of the molecule is COc1cc(OC)c(P(Cl)C2c3cc(C(C)(C)C)ccc3-c3ccc(C(C)(C)C)cc32)c(OC)c1. The molecule has 0 aromatic heterocycles. The summed E-state index contributed by atoms with van der Waals surface area (Å²) in [6.45, 7) is 13.5. The Labute approximate surface area is 216 Å². The lowest BCUT2D eigenvalue weighted by Crippen LogP contribution is -2.14. The number of hydrogen-bond donors (Lipinski definition) is 0. The molecule has 0 saturated carbocycles. The van der Waals surface area contributed by atoms with Crippen molar-refractivity contribution < 1.29 is 14.2 Å². The van der Waals surface area contributed by atoms with Crippen LogP contribution >= 0.6 is 18.5 Å². The summed E-state index contributed by atoms with van der Waals surface area (Å²) in [4.78, 5) is 0. The maximum absolute atomic E-state index is 7.53. The molecule has 3 aromatic rings. The predicted octanol–water partition coefficient (Wildman–Crippen LogP) is 8.34. The highest BCUT2D eigenvalue weighted by atomic mass is 35.7. The smallest absolute Gasteiger partial charge is 0.135 e. The van der Waals surface area contributed by atoms with E-state index >= 15 is 0 Å². The van der Waals surface area contributed by atoms with E-state index in [4.69, 9.17) is 25.5 Å². The van der Waals surface area contributed by atoms with Crippen LogP contribution in [0.1, 0.15) is 69.5 Å². The molecule has 0 bridgehead atoms. The Balaban J connectivity index is 1.98. The number of fused-ring (bicyclic) bond motifs is 3. The first-order chi connectivity index (χ1) is 16.4. The Morgan fingerprint density at radius 3 is 1.43 bits per heavy atom. The van der Waals surface area contributed by atoms with Crippen LogP contribution in [0.4, 0.5) is 0 Å². The molecule has 0 heterocycles. The van der Waals surface area contributed by atoms with Crippen molar-refractivity contribution in [3.8, 4) is 28.4 Å². The van der Waals surface area contributed by atoms with Crippen LogP contribution in [-0.4, -0.2) is 21.3 Å². The number of ether oxygens (including phenoxy) is 3. The molecule has 1 unspecified atom stereocenters. The number of rotatable bonds is 5.